The van der Waals surface area contributed by atoms with Crippen molar-refractivity contribution in [3.8, 4) is 0 Å². The first-order valence-corrected chi connectivity index (χ1v) is 6.49. The molecule has 0 aromatic heterocycles. The van der Waals surface area contributed by atoms with E-state index in [1.165, 1.54) is 17.8 Å². The van der Waals surface area contributed by atoms with Crippen molar-refractivity contribution in [1.29, 1.82) is 0 Å². The van der Waals surface area contributed by atoms with E-state index >= 15 is 0 Å². The Morgan fingerprint density at radius 2 is 2.17 bits per heavy atom. The third kappa shape index (κ3) is 6.00. The minimum absolute atomic E-state index is 0.227. The van der Waals surface area contributed by atoms with Crippen molar-refractivity contribution < 1.29 is 18.8 Å². The molecule has 18 heavy (non-hydrogen) atoms. The highest BCUT2D eigenvalue weighted by molar-refractivity contribution is 7.99. The zero-order valence-electron chi connectivity index (χ0n) is 10.1. The van der Waals surface area contributed by atoms with Crippen molar-refractivity contribution >= 4 is 17.7 Å². The number of thioether (sulfide) groups is 1. The first-order valence-electron chi connectivity index (χ1n) is 5.51. The second kappa shape index (κ2) is 8.91. The number of ether oxygens (including phenoxy) is 1. The van der Waals surface area contributed by atoms with E-state index < -0.39 is 0 Å². The molecular weight excluding hydrogens is 257 g/mol. The molecule has 0 spiro atoms. The highest BCUT2D eigenvalue weighted by Crippen LogP contribution is 2.21. The molecule has 6 heteroatoms. The van der Waals surface area contributed by atoms with Crippen molar-refractivity contribution in [2.24, 2.45) is 0 Å². The van der Waals surface area contributed by atoms with Gasteiger partial charge in [-0.3, -0.25) is 9.63 Å². The molecule has 1 rings (SSSR count). The second-order valence-electron chi connectivity index (χ2n) is 3.40. The zero-order chi connectivity index (χ0) is 13.2. The molecule has 1 amide bonds. The molecule has 1 N–H and O–H groups in total. The van der Waals surface area contributed by atoms with E-state index in [1.807, 2.05) is 0 Å². The molecule has 0 saturated heterocycles. The summed E-state index contributed by atoms with van der Waals surface area (Å²) < 4.78 is 18.0. The van der Waals surface area contributed by atoms with Gasteiger partial charge in [-0.05, 0) is 12.1 Å². The lowest BCUT2D eigenvalue weighted by Gasteiger charge is -2.05. The summed E-state index contributed by atoms with van der Waals surface area (Å²) in [7, 11) is 1.55. The van der Waals surface area contributed by atoms with Crippen molar-refractivity contribution in [2.45, 2.75) is 11.3 Å². The predicted octanol–water partition coefficient (Wildman–Crippen LogP) is 2.00. The van der Waals surface area contributed by atoms with E-state index in [9.17, 15) is 9.18 Å². The molecule has 1 aromatic carbocycles. The van der Waals surface area contributed by atoms with Gasteiger partial charge in [0.1, 0.15) is 5.82 Å². The van der Waals surface area contributed by atoms with Crippen LogP contribution in [0.1, 0.15) is 6.42 Å². The van der Waals surface area contributed by atoms with Crippen molar-refractivity contribution in [3.63, 3.8) is 0 Å². The van der Waals surface area contributed by atoms with Crippen LogP contribution >= 0.6 is 11.8 Å². The highest BCUT2D eigenvalue weighted by atomic mass is 32.2. The molecule has 0 aliphatic rings. The van der Waals surface area contributed by atoms with Crippen molar-refractivity contribution in [3.05, 3.63) is 30.1 Å². The molecule has 100 valence electrons. The standard InChI is InChI=1S/C12H16FNO3S/c1-16-7-8-17-14-12(15)6-9-18-11-5-3-2-4-10(11)13/h2-5H,6-9H2,1H3,(H,14,15). The van der Waals surface area contributed by atoms with Crippen LogP contribution in [0.4, 0.5) is 4.39 Å². The fourth-order valence-electron chi connectivity index (χ4n) is 1.12. The number of halogens is 1. The summed E-state index contributed by atoms with van der Waals surface area (Å²) in [5.41, 5.74) is 2.29. The quantitative estimate of drug-likeness (QED) is 0.447. The SMILES string of the molecule is COCCONC(=O)CCSc1ccccc1F. The number of hydrogen-bond acceptors (Lipinski definition) is 4. The molecule has 4 nitrogen and oxygen atoms in total. The van der Waals surface area contributed by atoms with Gasteiger partial charge in [0, 0.05) is 24.2 Å². The maximum absolute atomic E-state index is 13.2. The molecule has 0 radical (unpaired) electrons. The lowest BCUT2D eigenvalue weighted by Crippen LogP contribution is -2.25. The number of carbonyl (C=O) groups is 1. The van der Waals surface area contributed by atoms with Crippen LogP contribution < -0.4 is 5.48 Å². The van der Waals surface area contributed by atoms with E-state index in [-0.39, 0.29) is 18.1 Å². The maximum atomic E-state index is 13.2. The third-order valence-electron chi connectivity index (χ3n) is 2.00. The summed E-state index contributed by atoms with van der Waals surface area (Å²) >= 11 is 1.30. The number of methoxy groups -OCH3 is 1. The Kier molecular flexibility index (Phi) is 7.40. The Balaban J connectivity index is 2.14. The fraction of sp³-hybridized carbons (Fsp3) is 0.417. The average Bonchev–Trinajstić information content (AvgIpc) is 2.37. The summed E-state index contributed by atoms with van der Waals surface area (Å²) in [5, 5.41) is 0. The van der Waals surface area contributed by atoms with Crippen LogP contribution in [0.15, 0.2) is 29.2 Å². The predicted molar refractivity (Wildman–Crippen MR) is 67.7 cm³/mol. The topological polar surface area (TPSA) is 47.6 Å². The van der Waals surface area contributed by atoms with Crippen LogP contribution in [-0.2, 0) is 14.4 Å². The molecular formula is C12H16FNO3S. The highest BCUT2D eigenvalue weighted by Gasteiger charge is 2.04. The van der Waals surface area contributed by atoms with E-state index in [4.69, 9.17) is 9.57 Å². The summed E-state index contributed by atoms with van der Waals surface area (Å²) in [5.74, 6) is 0.00892. The number of carbonyl (C=O) groups excluding carboxylic acids is 1. The van der Waals surface area contributed by atoms with Crippen molar-refractivity contribution in [2.75, 3.05) is 26.1 Å². The number of hydrogen-bond donors (Lipinski definition) is 1. The van der Waals surface area contributed by atoms with Crippen molar-refractivity contribution in [1.82, 2.24) is 5.48 Å². The second-order valence-corrected chi connectivity index (χ2v) is 4.53. The van der Waals surface area contributed by atoms with E-state index in [2.05, 4.69) is 5.48 Å². The molecule has 0 saturated carbocycles. The van der Waals surface area contributed by atoms with Crippen LogP contribution in [0, 0.1) is 5.82 Å². The summed E-state index contributed by atoms with van der Waals surface area (Å²) in [6.45, 7) is 0.729. The van der Waals surface area contributed by atoms with Crippen LogP contribution in [0.3, 0.4) is 0 Å². The normalized spacial score (nSPS) is 10.3. The van der Waals surface area contributed by atoms with Crippen LogP contribution in [-0.4, -0.2) is 32.0 Å². The van der Waals surface area contributed by atoms with Gasteiger partial charge in [-0.1, -0.05) is 12.1 Å². The van der Waals surface area contributed by atoms with Gasteiger partial charge in [0.25, 0.3) is 0 Å². The number of hydroxylamine groups is 1. The van der Waals surface area contributed by atoms with E-state index in [0.29, 0.717) is 23.9 Å². The molecule has 0 fully saturated rings. The zero-order valence-corrected chi connectivity index (χ0v) is 11.0. The lowest BCUT2D eigenvalue weighted by atomic mass is 10.3. The molecule has 0 aliphatic carbocycles. The van der Waals surface area contributed by atoms with Gasteiger partial charge in [-0.25, -0.2) is 9.87 Å². The van der Waals surface area contributed by atoms with Gasteiger partial charge in [0.2, 0.25) is 5.91 Å². The van der Waals surface area contributed by atoms with Gasteiger partial charge in [-0.2, -0.15) is 0 Å². The molecule has 0 bridgehead atoms. The Morgan fingerprint density at radius 1 is 1.39 bits per heavy atom. The van der Waals surface area contributed by atoms with Gasteiger partial charge < -0.3 is 4.74 Å². The Hall–Kier alpha value is -1.11. The Morgan fingerprint density at radius 3 is 2.89 bits per heavy atom. The Bertz CT molecular complexity index is 376. The van der Waals surface area contributed by atoms with Crippen LogP contribution in [0.5, 0.6) is 0 Å². The summed E-state index contributed by atoms with van der Waals surface area (Å²) in [4.78, 5) is 16.7. The minimum atomic E-state index is -0.265. The van der Waals surface area contributed by atoms with E-state index in [1.54, 1.807) is 25.3 Å². The largest absolute Gasteiger partial charge is 0.382 e. The van der Waals surface area contributed by atoms with Crippen LogP contribution in [0.25, 0.3) is 0 Å². The Labute approximate surface area is 110 Å². The van der Waals surface area contributed by atoms with Gasteiger partial charge in [-0.15, -0.1) is 11.8 Å². The average molecular weight is 273 g/mol. The molecule has 1 aromatic rings. The van der Waals surface area contributed by atoms with E-state index in [0.717, 1.165) is 0 Å². The lowest BCUT2D eigenvalue weighted by molar-refractivity contribution is -0.134. The van der Waals surface area contributed by atoms with Gasteiger partial charge >= 0.3 is 0 Å². The number of rotatable bonds is 8. The maximum Gasteiger partial charge on any atom is 0.244 e. The molecule has 0 heterocycles. The fourth-order valence-corrected chi connectivity index (χ4v) is 2.01. The summed E-state index contributed by atoms with van der Waals surface area (Å²) in [6, 6.07) is 6.48. The first kappa shape index (κ1) is 14.9. The molecule has 0 atom stereocenters. The van der Waals surface area contributed by atoms with Gasteiger partial charge in [0.15, 0.2) is 0 Å². The number of nitrogens with one attached hydrogen (secondary N) is 1. The van der Waals surface area contributed by atoms with Gasteiger partial charge in [0.05, 0.1) is 13.2 Å². The number of amides is 1. The smallest absolute Gasteiger partial charge is 0.244 e. The third-order valence-corrected chi connectivity index (χ3v) is 3.05. The monoisotopic (exact) mass is 273 g/mol. The van der Waals surface area contributed by atoms with Crippen LogP contribution in [0.2, 0.25) is 0 Å². The number of benzene rings is 1. The first-order chi connectivity index (χ1) is 8.74. The summed E-state index contributed by atoms with van der Waals surface area (Å²) in [6.07, 6.45) is 0.270. The molecule has 0 aliphatic heterocycles. The minimum Gasteiger partial charge on any atom is -0.382 e. The molecule has 0 unspecified atom stereocenters.